The van der Waals surface area contributed by atoms with Gasteiger partial charge in [-0.2, -0.15) is 0 Å². The van der Waals surface area contributed by atoms with E-state index in [1.54, 1.807) is 17.3 Å². The first-order valence-electron chi connectivity index (χ1n) is 11.1. The van der Waals surface area contributed by atoms with E-state index in [1.807, 2.05) is 29.2 Å². The van der Waals surface area contributed by atoms with Crippen molar-refractivity contribution < 1.29 is 23.9 Å². The Balaban J connectivity index is 1.33. The second-order valence-electron chi connectivity index (χ2n) is 8.24. The summed E-state index contributed by atoms with van der Waals surface area (Å²) >= 11 is 0. The predicted octanol–water partition coefficient (Wildman–Crippen LogP) is 1.79. The minimum Gasteiger partial charge on any atom is -0.467 e. The average Bonchev–Trinajstić information content (AvgIpc) is 2.88. The first-order valence-corrected chi connectivity index (χ1v) is 11.1. The van der Waals surface area contributed by atoms with E-state index in [-0.39, 0.29) is 30.5 Å². The van der Waals surface area contributed by atoms with E-state index in [0.29, 0.717) is 38.0 Å². The van der Waals surface area contributed by atoms with Crippen LogP contribution >= 0.6 is 0 Å². The summed E-state index contributed by atoms with van der Waals surface area (Å²) in [7, 11) is 2.74. The molecule has 4 rings (SSSR count). The molecule has 0 bridgehead atoms. The van der Waals surface area contributed by atoms with Crippen LogP contribution in [0.5, 0.6) is 6.01 Å². The highest BCUT2D eigenvalue weighted by Gasteiger charge is 2.33. The number of amides is 4. The number of esters is 1. The Morgan fingerprint density at radius 1 is 1.18 bits per heavy atom. The molecule has 1 aromatic heterocycles. The van der Waals surface area contributed by atoms with Gasteiger partial charge in [0.15, 0.2) is 0 Å². The lowest BCUT2D eigenvalue weighted by molar-refractivity contribution is -0.142. The molecule has 0 aliphatic carbocycles. The molecular weight excluding hydrogens is 440 g/mol. The lowest BCUT2D eigenvalue weighted by atomic mass is 10.0. The molecule has 2 N–H and O–H groups in total. The number of rotatable bonds is 6. The predicted molar refractivity (Wildman–Crippen MR) is 122 cm³/mol. The fourth-order valence-electron chi connectivity index (χ4n) is 4.26. The first kappa shape index (κ1) is 23.3. The standard InChI is InChI=1S/C23H28N6O5/c1-33-20(30)19(11-15-12-24-21(34-2)25-13-15)27-22(31)28-9-7-17(8-10-28)29-14-16-5-3-4-6-18(16)26-23(29)32/h3-6,12-13,17,19H,7-11,14H2,1-2H3,(H,26,32)(H,27,31). The summed E-state index contributed by atoms with van der Waals surface area (Å²) in [5.41, 5.74) is 2.58. The van der Waals surface area contributed by atoms with E-state index in [1.165, 1.54) is 14.2 Å². The van der Waals surface area contributed by atoms with Crippen molar-refractivity contribution in [3.63, 3.8) is 0 Å². The molecule has 180 valence electrons. The molecule has 3 heterocycles. The van der Waals surface area contributed by atoms with Gasteiger partial charge in [-0.3, -0.25) is 0 Å². The largest absolute Gasteiger partial charge is 0.467 e. The summed E-state index contributed by atoms with van der Waals surface area (Å²) in [6, 6.07) is 6.66. The smallest absolute Gasteiger partial charge is 0.328 e. The quantitative estimate of drug-likeness (QED) is 0.619. The van der Waals surface area contributed by atoms with E-state index in [4.69, 9.17) is 9.47 Å². The molecule has 2 aliphatic rings. The fraction of sp³-hybridized carbons (Fsp3) is 0.435. The second-order valence-corrected chi connectivity index (χ2v) is 8.24. The normalized spacial score (nSPS) is 16.8. The fourth-order valence-corrected chi connectivity index (χ4v) is 4.26. The zero-order valence-corrected chi connectivity index (χ0v) is 19.2. The van der Waals surface area contributed by atoms with Gasteiger partial charge in [0, 0.05) is 50.2 Å². The van der Waals surface area contributed by atoms with Crippen molar-refractivity contribution in [1.82, 2.24) is 25.1 Å². The van der Waals surface area contributed by atoms with E-state index in [2.05, 4.69) is 20.6 Å². The van der Waals surface area contributed by atoms with Gasteiger partial charge in [0.25, 0.3) is 0 Å². The number of ether oxygens (including phenoxy) is 2. The number of methoxy groups -OCH3 is 2. The number of hydrogen-bond acceptors (Lipinski definition) is 7. The van der Waals surface area contributed by atoms with Gasteiger partial charge in [-0.15, -0.1) is 0 Å². The van der Waals surface area contributed by atoms with Crippen LogP contribution in [-0.4, -0.2) is 77.2 Å². The van der Waals surface area contributed by atoms with Crippen LogP contribution in [0.3, 0.4) is 0 Å². The highest BCUT2D eigenvalue weighted by atomic mass is 16.5. The van der Waals surface area contributed by atoms with Crippen LogP contribution in [0, 0.1) is 0 Å². The lowest BCUT2D eigenvalue weighted by Crippen LogP contribution is -2.54. The van der Waals surface area contributed by atoms with Crippen molar-refractivity contribution in [3.8, 4) is 6.01 Å². The van der Waals surface area contributed by atoms with Crippen molar-refractivity contribution in [3.05, 3.63) is 47.8 Å². The molecule has 11 nitrogen and oxygen atoms in total. The summed E-state index contributed by atoms with van der Waals surface area (Å²) in [4.78, 5) is 49.3. The minimum absolute atomic E-state index is 0.0326. The number of nitrogens with one attached hydrogen (secondary N) is 2. The average molecular weight is 469 g/mol. The van der Waals surface area contributed by atoms with E-state index < -0.39 is 12.0 Å². The van der Waals surface area contributed by atoms with Gasteiger partial charge in [-0.25, -0.2) is 24.4 Å². The van der Waals surface area contributed by atoms with Crippen LogP contribution in [0.2, 0.25) is 0 Å². The van der Waals surface area contributed by atoms with Crippen LogP contribution in [0.4, 0.5) is 15.3 Å². The summed E-state index contributed by atoms with van der Waals surface area (Å²) in [6.45, 7) is 1.50. The van der Waals surface area contributed by atoms with Crippen LogP contribution in [0.25, 0.3) is 0 Å². The molecule has 11 heteroatoms. The summed E-state index contributed by atoms with van der Waals surface area (Å²) in [5, 5.41) is 5.70. The summed E-state index contributed by atoms with van der Waals surface area (Å²) in [6.07, 6.45) is 4.57. The van der Waals surface area contributed by atoms with Gasteiger partial charge in [0.1, 0.15) is 6.04 Å². The van der Waals surface area contributed by atoms with Gasteiger partial charge >= 0.3 is 24.0 Å². The van der Waals surface area contributed by atoms with Crippen LogP contribution in [0.1, 0.15) is 24.0 Å². The number of hydrogen-bond donors (Lipinski definition) is 2. The number of benzene rings is 1. The minimum atomic E-state index is -0.878. The highest BCUT2D eigenvalue weighted by Crippen LogP contribution is 2.27. The molecule has 0 saturated carbocycles. The Kier molecular flexibility index (Phi) is 7.09. The molecular formula is C23H28N6O5. The number of anilines is 1. The highest BCUT2D eigenvalue weighted by molar-refractivity contribution is 5.92. The molecule has 1 atom stereocenters. The summed E-state index contributed by atoms with van der Waals surface area (Å²) in [5.74, 6) is -0.553. The third-order valence-electron chi connectivity index (χ3n) is 6.14. The number of para-hydroxylation sites is 1. The van der Waals surface area contributed by atoms with Gasteiger partial charge in [0.2, 0.25) is 0 Å². The number of carbonyl (C=O) groups is 3. The number of piperidine rings is 1. The van der Waals surface area contributed by atoms with Crippen molar-refractivity contribution in [1.29, 1.82) is 0 Å². The van der Waals surface area contributed by atoms with Gasteiger partial charge < -0.3 is 29.9 Å². The second kappa shape index (κ2) is 10.4. The van der Waals surface area contributed by atoms with Crippen molar-refractivity contribution in [2.24, 2.45) is 0 Å². The van der Waals surface area contributed by atoms with Crippen LogP contribution < -0.4 is 15.4 Å². The molecule has 1 unspecified atom stereocenters. The molecule has 2 aromatic rings. The Labute approximate surface area is 197 Å². The number of carbonyl (C=O) groups excluding carboxylic acids is 3. The SMILES string of the molecule is COC(=O)C(Cc1cnc(OC)nc1)NC(=O)N1CCC(N2Cc3ccccc3NC2=O)CC1. The van der Waals surface area contributed by atoms with E-state index in [9.17, 15) is 14.4 Å². The van der Waals surface area contributed by atoms with Crippen LogP contribution in [0.15, 0.2) is 36.7 Å². The molecule has 1 saturated heterocycles. The molecule has 34 heavy (non-hydrogen) atoms. The van der Waals surface area contributed by atoms with Gasteiger partial charge in [-0.05, 0) is 30.0 Å². The zero-order valence-electron chi connectivity index (χ0n) is 19.2. The molecule has 1 aromatic carbocycles. The lowest BCUT2D eigenvalue weighted by Gasteiger charge is -2.40. The molecule has 0 spiro atoms. The Hall–Kier alpha value is -3.89. The number of nitrogens with zero attached hydrogens (tertiary/aromatic N) is 4. The first-order chi connectivity index (χ1) is 16.5. The third kappa shape index (κ3) is 5.19. The molecule has 4 amide bonds. The molecule has 0 radical (unpaired) electrons. The Morgan fingerprint density at radius 2 is 1.88 bits per heavy atom. The third-order valence-corrected chi connectivity index (χ3v) is 6.14. The number of aromatic nitrogens is 2. The maximum atomic E-state index is 12.9. The van der Waals surface area contributed by atoms with Crippen molar-refractivity contribution in [2.75, 3.05) is 32.6 Å². The maximum Gasteiger partial charge on any atom is 0.328 e. The Bertz CT molecular complexity index is 1040. The van der Waals surface area contributed by atoms with Crippen molar-refractivity contribution >= 4 is 23.7 Å². The maximum absolute atomic E-state index is 12.9. The van der Waals surface area contributed by atoms with E-state index in [0.717, 1.165) is 11.3 Å². The zero-order chi connectivity index (χ0) is 24.1. The molecule has 1 fully saturated rings. The topological polar surface area (TPSA) is 126 Å². The van der Waals surface area contributed by atoms with Crippen molar-refractivity contribution in [2.45, 2.75) is 37.9 Å². The number of likely N-dealkylation sites (tertiary alicyclic amines) is 1. The van der Waals surface area contributed by atoms with Gasteiger partial charge in [-0.1, -0.05) is 18.2 Å². The monoisotopic (exact) mass is 468 g/mol. The summed E-state index contributed by atoms with van der Waals surface area (Å²) < 4.78 is 9.81. The number of fused-ring (bicyclic) bond motifs is 1. The number of urea groups is 2. The Morgan fingerprint density at radius 3 is 2.56 bits per heavy atom. The van der Waals surface area contributed by atoms with Gasteiger partial charge in [0.05, 0.1) is 14.2 Å². The molecule has 2 aliphatic heterocycles. The van der Waals surface area contributed by atoms with Crippen LogP contribution in [-0.2, 0) is 22.5 Å². The van der Waals surface area contributed by atoms with E-state index >= 15 is 0 Å².